The Morgan fingerprint density at radius 1 is 1.42 bits per heavy atom. The lowest BCUT2D eigenvalue weighted by Gasteiger charge is -2.23. The minimum atomic E-state index is -0.642. The van der Waals surface area contributed by atoms with Crippen LogP contribution >= 0.6 is 0 Å². The summed E-state index contributed by atoms with van der Waals surface area (Å²) in [6, 6.07) is 0. The molecule has 1 aromatic rings. The summed E-state index contributed by atoms with van der Waals surface area (Å²) in [6.45, 7) is 4.28. The van der Waals surface area contributed by atoms with Crippen LogP contribution < -0.4 is 15.8 Å². The van der Waals surface area contributed by atoms with Crippen molar-refractivity contribution in [3.05, 3.63) is 6.33 Å². The quantitative estimate of drug-likeness (QED) is 0.749. The number of hydrogen-bond acceptors (Lipinski definition) is 6. The van der Waals surface area contributed by atoms with Crippen molar-refractivity contribution in [2.24, 2.45) is 0 Å². The Bertz CT molecular complexity index is 431. The van der Waals surface area contributed by atoms with Gasteiger partial charge in [0.1, 0.15) is 12.0 Å². The molecule has 1 aliphatic carbocycles. The Kier molecular flexibility index (Phi) is 4.09. The van der Waals surface area contributed by atoms with Crippen LogP contribution in [0.15, 0.2) is 6.33 Å². The zero-order valence-corrected chi connectivity index (χ0v) is 11.5. The van der Waals surface area contributed by atoms with Gasteiger partial charge in [-0.15, -0.1) is 0 Å². The van der Waals surface area contributed by atoms with Crippen LogP contribution in [0.5, 0.6) is 5.88 Å². The van der Waals surface area contributed by atoms with Crippen LogP contribution in [0.2, 0.25) is 0 Å². The minimum absolute atomic E-state index is 0.00376. The summed E-state index contributed by atoms with van der Waals surface area (Å²) in [7, 11) is 0. The smallest absolute Gasteiger partial charge is 0.242 e. The fourth-order valence-corrected chi connectivity index (χ4v) is 2.30. The highest BCUT2D eigenvalue weighted by Crippen LogP contribution is 2.31. The van der Waals surface area contributed by atoms with Gasteiger partial charge in [0.25, 0.3) is 0 Å². The molecule has 6 heteroatoms. The van der Waals surface area contributed by atoms with E-state index in [0.29, 0.717) is 23.9 Å². The molecule has 0 aromatic carbocycles. The van der Waals surface area contributed by atoms with E-state index in [4.69, 9.17) is 10.5 Å². The van der Waals surface area contributed by atoms with Gasteiger partial charge in [-0.25, -0.2) is 4.98 Å². The maximum Gasteiger partial charge on any atom is 0.242 e. The lowest BCUT2D eigenvalue weighted by atomic mass is 10.0. The Hall–Kier alpha value is -1.56. The van der Waals surface area contributed by atoms with E-state index < -0.39 is 5.60 Å². The van der Waals surface area contributed by atoms with Crippen LogP contribution in [0.25, 0.3) is 0 Å². The number of anilines is 2. The fraction of sp³-hybridized carbons (Fsp3) is 0.692. The van der Waals surface area contributed by atoms with E-state index in [0.717, 1.165) is 25.7 Å². The van der Waals surface area contributed by atoms with Gasteiger partial charge in [-0.3, -0.25) is 0 Å². The number of aromatic nitrogens is 2. The third kappa shape index (κ3) is 3.47. The predicted octanol–water partition coefficient (Wildman–Crippen LogP) is 1.56. The summed E-state index contributed by atoms with van der Waals surface area (Å²) in [4.78, 5) is 8.12. The zero-order chi connectivity index (χ0) is 13.9. The molecule has 2 rings (SSSR count). The molecule has 19 heavy (non-hydrogen) atoms. The molecule has 0 spiro atoms. The standard InChI is InChI=1S/C13H22N4O2/c1-9(2)19-12-10(14)11(16-8-17-12)15-7-13(18)5-3-4-6-13/h8-9,18H,3-7,14H2,1-2H3,(H,15,16,17). The van der Waals surface area contributed by atoms with Crippen molar-refractivity contribution in [1.82, 2.24) is 9.97 Å². The van der Waals surface area contributed by atoms with Gasteiger partial charge in [0.15, 0.2) is 5.82 Å². The monoisotopic (exact) mass is 266 g/mol. The molecule has 0 unspecified atom stereocenters. The summed E-state index contributed by atoms with van der Waals surface area (Å²) < 4.78 is 5.50. The minimum Gasteiger partial charge on any atom is -0.473 e. The molecule has 4 N–H and O–H groups in total. The van der Waals surface area contributed by atoms with Crippen LogP contribution in [-0.2, 0) is 0 Å². The zero-order valence-electron chi connectivity index (χ0n) is 11.5. The summed E-state index contributed by atoms with van der Waals surface area (Å²) >= 11 is 0. The second kappa shape index (κ2) is 5.61. The summed E-state index contributed by atoms with van der Waals surface area (Å²) in [5, 5.41) is 13.4. The van der Waals surface area contributed by atoms with Crippen LogP contribution in [0, 0.1) is 0 Å². The molecule has 0 bridgehead atoms. The molecular weight excluding hydrogens is 244 g/mol. The Morgan fingerprint density at radius 2 is 2.11 bits per heavy atom. The maximum atomic E-state index is 10.3. The second-order valence-corrected chi connectivity index (χ2v) is 5.39. The summed E-state index contributed by atoms with van der Waals surface area (Å²) in [6.07, 6.45) is 5.19. The van der Waals surface area contributed by atoms with Gasteiger partial charge >= 0.3 is 0 Å². The van der Waals surface area contributed by atoms with E-state index in [1.165, 1.54) is 6.33 Å². The molecule has 0 radical (unpaired) electrons. The maximum absolute atomic E-state index is 10.3. The van der Waals surface area contributed by atoms with Crippen LogP contribution in [-0.4, -0.2) is 33.3 Å². The average molecular weight is 266 g/mol. The van der Waals surface area contributed by atoms with E-state index in [2.05, 4.69) is 15.3 Å². The first kappa shape index (κ1) is 13.9. The highest BCUT2D eigenvalue weighted by molar-refractivity contribution is 5.66. The van der Waals surface area contributed by atoms with Crippen molar-refractivity contribution < 1.29 is 9.84 Å². The molecule has 1 aromatic heterocycles. The second-order valence-electron chi connectivity index (χ2n) is 5.39. The number of rotatable bonds is 5. The first-order valence-electron chi connectivity index (χ1n) is 6.73. The molecular formula is C13H22N4O2. The first-order valence-corrected chi connectivity index (χ1v) is 6.73. The molecule has 0 saturated heterocycles. The van der Waals surface area contributed by atoms with Crippen LogP contribution in [0.1, 0.15) is 39.5 Å². The van der Waals surface area contributed by atoms with Gasteiger partial charge in [-0.2, -0.15) is 4.98 Å². The highest BCUT2D eigenvalue weighted by Gasteiger charge is 2.31. The predicted molar refractivity (Wildman–Crippen MR) is 74.1 cm³/mol. The molecule has 1 aliphatic rings. The lowest BCUT2D eigenvalue weighted by Crippen LogP contribution is -2.34. The van der Waals surface area contributed by atoms with E-state index in [9.17, 15) is 5.11 Å². The Labute approximate surface area is 113 Å². The van der Waals surface area contributed by atoms with Crippen molar-refractivity contribution in [1.29, 1.82) is 0 Å². The van der Waals surface area contributed by atoms with Gasteiger partial charge in [-0.05, 0) is 26.7 Å². The summed E-state index contributed by atoms with van der Waals surface area (Å²) in [5.74, 6) is 0.900. The van der Waals surface area contributed by atoms with Gasteiger partial charge in [-0.1, -0.05) is 12.8 Å². The summed E-state index contributed by atoms with van der Waals surface area (Å²) in [5.41, 5.74) is 5.71. The molecule has 0 atom stereocenters. The fourth-order valence-electron chi connectivity index (χ4n) is 2.30. The Morgan fingerprint density at radius 3 is 2.74 bits per heavy atom. The molecule has 0 aliphatic heterocycles. The molecule has 6 nitrogen and oxygen atoms in total. The Balaban J connectivity index is 2.04. The highest BCUT2D eigenvalue weighted by atomic mass is 16.5. The largest absolute Gasteiger partial charge is 0.473 e. The van der Waals surface area contributed by atoms with E-state index in [1.807, 2.05) is 13.8 Å². The number of nitrogens with two attached hydrogens (primary N) is 1. The van der Waals surface area contributed by atoms with Crippen LogP contribution in [0.4, 0.5) is 11.5 Å². The third-order valence-electron chi connectivity index (χ3n) is 3.31. The topological polar surface area (TPSA) is 93.3 Å². The molecule has 1 heterocycles. The van der Waals surface area contributed by atoms with Crippen LogP contribution in [0.3, 0.4) is 0 Å². The first-order chi connectivity index (χ1) is 9.00. The number of aliphatic hydroxyl groups is 1. The van der Waals surface area contributed by atoms with Gasteiger partial charge < -0.3 is 20.9 Å². The van der Waals surface area contributed by atoms with Gasteiger partial charge in [0.2, 0.25) is 5.88 Å². The van der Waals surface area contributed by atoms with E-state index in [1.54, 1.807) is 0 Å². The lowest BCUT2D eigenvalue weighted by molar-refractivity contribution is 0.0614. The number of nitrogens with zero attached hydrogens (tertiary/aromatic N) is 2. The van der Waals surface area contributed by atoms with Gasteiger partial charge in [0, 0.05) is 6.54 Å². The van der Waals surface area contributed by atoms with E-state index >= 15 is 0 Å². The van der Waals surface area contributed by atoms with Crippen molar-refractivity contribution >= 4 is 11.5 Å². The average Bonchev–Trinajstić information content (AvgIpc) is 2.77. The number of hydrogen-bond donors (Lipinski definition) is 3. The normalized spacial score (nSPS) is 17.7. The van der Waals surface area contributed by atoms with Crippen molar-refractivity contribution in [2.75, 3.05) is 17.6 Å². The molecule has 0 amide bonds. The number of nitrogen functional groups attached to an aromatic ring is 1. The van der Waals surface area contributed by atoms with Crippen molar-refractivity contribution in [3.63, 3.8) is 0 Å². The molecule has 1 saturated carbocycles. The molecule has 1 fully saturated rings. The van der Waals surface area contributed by atoms with Crippen molar-refractivity contribution in [2.45, 2.75) is 51.2 Å². The molecule has 106 valence electrons. The number of ether oxygens (including phenoxy) is 1. The van der Waals surface area contributed by atoms with Gasteiger partial charge in [0.05, 0.1) is 11.7 Å². The SMILES string of the molecule is CC(C)Oc1ncnc(NCC2(O)CCCC2)c1N. The van der Waals surface area contributed by atoms with E-state index in [-0.39, 0.29) is 6.10 Å². The third-order valence-corrected chi connectivity index (χ3v) is 3.31. The number of nitrogens with one attached hydrogen (secondary N) is 1. The van der Waals surface area contributed by atoms with Crippen molar-refractivity contribution in [3.8, 4) is 5.88 Å².